The SMILES string of the molecule is Cc1nc(Oc2cccc(C(=O)O)c2)sc1C. The van der Waals surface area contributed by atoms with Gasteiger partial charge in [-0.1, -0.05) is 17.4 Å². The van der Waals surface area contributed by atoms with Crippen LogP contribution in [0.2, 0.25) is 0 Å². The first-order valence-electron chi connectivity index (χ1n) is 5.01. The zero-order valence-corrected chi connectivity index (χ0v) is 10.2. The third-order valence-electron chi connectivity index (χ3n) is 2.30. The lowest BCUT2D eigenvalue weighted by Crippen LogP contribution is -1.95. The highest BCUT2D eigenvalue weighted by atomic mass is 32.1. The Kier molecular flexibility index (Phi) is 3.10. The smallest absolute Gasteiger partial charge is 0.335 e. The topological polar surface area (TPSA) is 59.4 Å². The highest BCUT2D eigenvalue weighted by Crippen LogP contribution is 2.28. The summed E-state index contributed by atoms with van der Waals surface area (Å²) in [5.41, 5.74) is 1.13. The molecule has 0 saturated carbocycles. The first-order chi connectivity index (χ1) is 8.06. The van der Waals surface area contributed by atoms with Gasteiger partial charge < -0.3 is 9.84 Å². The van der Waals surface area contributed by atoms with Crippen LogP contribution in [0, 0.1) is 13.8 Å². The number of aromatic carboxylic acids is 1. The number of benzene rings is 1. The Labute approximate surface area is 103 Å². The maximum Gasteiger partial charge on any atom is 0.335 e. The minimum absolute atomic E-state index is 0.201. The molecule has 0 bridgehead atoms. The molecule has 17 heavy (non-hydrogen) atoms. The second kappa shape index (κ2) is 4.55. The van der Waals surface area contributed by atoms with Crippen molar-refractivity contribution < 1.29 is 14.6 Å². The Morgan fingerprint density at radius 1 is 1.41 bits per heavy atom. The van der Waals surface area contributed by atoms with Crippen LogP contribution in [0.1, 0.15) is 20.9 Å². The molecule has 88 valence electrons. The molecule has 5 heteroatoms. The number of carboxylic acid groups (broad SMARTS) is 1. The van der Waals surface area contributed by atoms with Gasteiger partial charge in [-0.15, -0.1) is 0 Å². The fourth-order valence-corrected chi connectivity index (χ4v) is 2.06. The van der Waals surface area contributed by atoms with E-state index in [1.54, 1.807) is 12.1 Å². The monoisotopic (exact) mass is 249 g/mol. The van der Waals surface area contributed by atoms with Crippen LogP contribution in [0.5, 0.6) is 10.9 Å². The summed E-state index contributed by atoms with van der Waals surface area (Å²) in [7, 11) is 0. The minimum Gasteiger partial charge on any atom is -0.478 e. The predicted molar refractivity (Wildman–Crippen MR) is 65.1 cm³/mol. The molecule has 0 aliphatic carbocycles. The Morgan fingerprint density at radius 3 is 2.76 bits per heavy atom. The first kappa shape index (κ1) is 11.6. The molecule has 0 spiro atoms. The van der Waals surface area contributed by atoms with Crippen molar-refractivity contribution in [2.75, 3.05) is 0 Å². The van der Waals surface area contributed by atoms with Gasteiger partial charge in [0.15, 0.2) is 0 Å². The van der Waals surface area contributed by atoms with Gasteiger partial charge in [-0.25, -0.2) is 9.78 Å². The summed E-state index contributed by atoms with van der Waals surface area (Å²) in [6.07, 6.45) is 0. The van der Waals surface area contributed by atoms with Gasteiger partial charge >= 0.3 is 5.97 Å². The molecule has 1 N–H and O–H groups in total. The van der Waals surface area contributed by atoms with Crippen LogP contribution < -0.4 is 4.74 Å². The normalized spacial score (nSPS) is 10.2. The zero-order chi connectivity index (χ0) is 12.4. The summed E-state index contributed by atoms with van der Waals surface area (Å²) in [4.78, 5) is 16.1. The average Bonchev–Trinajstić information content (AvgIpc) is 2.58. The van der Waals surface area contributed by atoms with Crippen molar-refractivity contribution in [1.29, 1.82) is 0 Å². The van der Waals surface area contributed by atoms with E-state index >= 15 is 0 Å². The lowest BCUT2D eigenvalue weighted by atomic mass is 10.2. The molecule has 0 fully saturated rings. The van der Waals surface area contributed by atoms with Crippen molar-refractivity contribution in [2.24, 2.45) is 0 Å². The Balaban J connectivity index is 2.24. The molecule has 0 saturated heterocycles. The second-order valence-corrected chi connectivity index (χ2v) is 4.72. The van der Waals surface area contributed by atoms with Crippen LogP contribution in [-0.2, 0) is 0 Å². The van der Waals surface area contributed by atoms with Crippen LogP contribution in [0.3, 0.4) is 0 Å². The number of aryl methyl sites for hydroxylation is 2. The standard InChI is InChI=1S/C12H11NO3S/c1-7-8(2)17-12(13-7)16-10-5-3-4-9(6-10)11(14)15/h3-6H,1-2H3,(H,14,15). The van der Waals surface area contributed by atoms with E-state index in [0.29, 0.717) is 10.9 Å². The number of hydrogen-bond acceptors (Lipinski definition) is 4. The van der Waals surface area contributed by atoms with E-state index in [2.05, 4.69) is 4.98 Å². The van der Waals surface area contributed by atoms with Crippen LogP contribution in [0.25, 0.3) is 0 Å². The lowest BCUT2D eigenvalue weighted by molar-refractivity contribution is 0.0696. The van der Waals surface area contributed by atoms with Crippen LogP contribution in [-0.4, -0.2) is 16.1 Å². The van der Waals surface area contributed by atoms with Gasteiger partial charge in [0.1, 0.15) is 5.75 Å². The van der Waals surface area contributed by atoms with Crippen LogP contribution >= 0.6 is 11.3 Å². The summed E-state index contributed by atoms with van der Waals surface area (Å²) in [6, 6.07) is 6.35. The molecular formula is C12H11NO3S. The molecule has 4 nitrogen and oxygen atoms in total. The molecule has 1 aromatic carbocycles. The third kappa shape index (κ3) is 2.62. The molecule has 2 aromatic rings. The van der Waals surface area contributed by atoms with Crippen molar-refractivity contribution in [3.63, 3.8) is 0 Å². The van der Waals surface area contributed by atoms with E-state index in [1.807, 2.05) is 13.8 Å². The van der Waals surface area contributed by atoms with Gasteiger partial charge in [0.2, 0.25) is 0 Å². The van der Waals surface area contributed by atoms with Gasteiger partial charge in [0.05, 0.1) is 11.3 Å². The molecule has 1 aromatic heterocycles. The number of carbonyl (C=O) groups is 1. The molecule has 1 heterocycles. The average molecular weight is 249 g/mol. The molecule has 0 radical (unpaired) electrons. The summed E-state index contributed by atoms with van der Waals surface area (Å²) < 4.78 is 5.51. The number of ether oxygens (including phenoxy) is 1. The fraction of sp³-hybridized carbons (Fsp3) is 0.167. The number of nitrogens with zero attached hydrogens (tertiary/aromatic N) is 1. The molecule has 0 amide bonds. The van der Waals surface area contributed by atoms with Crippen molar-refractivity contribution in [3.8, 4) is 10.9 Å². The van der Waals surface area contributed by atoms with Gasteiger partial charge in [-0.05, 0) is 32.0 Å². The number of hydrogen-bond donors (Lipinski definition) is 1. The number of thiazole rings is 1. The predicted octanol–water partition coefficient (Wildman–Crippen LogP) is 3.25. The molecule has 0 aliphatic rings. The van der Waals surface area contributed by atoms with E-state index < -0.39 is 5.97 Å². The molecule has 0 atom stereocenters. The van der Waals surface area contributed by atoms with Gasteiger partial charge in [0.25, 0.3) is 5.19 Å². The number of carboxylic acids is 1. The van der Waals surface area contributed by atoms with Crippen molar-refractivity contribution in [1.82, 2.24) is 4.98 Å². The maximum atomic E-state index is 10.8. The van der Waals surface area contributed by atoms with E-state index in [0.717, 1.165) is 10.6 Å². The van der Waals surface area contributed by atoms with Crippen LogP contribution in [0.4, 0.5) is 0 Å². The molecule has 2 rings (SSSR count). The van der Waals surface area contributed by atoms with Crippen LogP contribution in [0.15, 0.2) is 24.3 Å². The van der Waals surface area contributed by atoms with Crippen molar-refractivity contribution >= 4 is 17.3 Å². The largest absolute Gasteiger partial charge is 0.478 e. The maximum absolute atomic E-state index is 10.8. The van der Waals surface area contributed by atoms with E-state index in [-0.39, 0.29) is 5.56 Å². The first-order valence-corrected chi connectivity index (χ1v) is 5.83. The lowest BCUT2D eigenvalue weighted by Gasteiger charge is -2.02. The molecule has 0 unspecified atom stereocenters. The second-order valence-electron chi connectivity index (χ2n) is 3.56. The summed E-state index contributed by atoms with van der Waals surface area (Å²) in [6.45, 7) is 3.87. The van der Waals surface area contributed by atoms with Crippen molar-refractivity contribution in [2.45, 2.75) is 13.8 Å². The highest BCUT2D eigenvalue weighted by molar-refractivity contribution is 7.13. The zero-order valence-electron chi connectivity index (χ0n) is 9.43. The Hall–Kier alpha value is -1.88. The Morgan fingerprint density at radius 2 is 2.18 bits per heavy atom. The van der Waals surface area contributed by atoms with Gasteiger partial charge in [0, 0.05) is 4.88 Å². The Bertz CT molecular complexity index is 543. The minimum atomic E-state index is -0.970. The third-order valence-corrected chi connectivity index (χ3v) is 3.25. The van der Waals surface area contributed by atoms with Crippen molar-refractivity contribution in [3.05, 3.63) is 40.4 Å². The van der Waals surface area contributed by atoms with E-state index in [1.165, 1.54) is 23.5 Å². The summed E-state index contributed by atoms with van der Waals surface area (Å²) in [5, 5.41) is 9.39. The van der Waals surface area contributed by atoms with Gasteiger partial charge in [-0.2, -0.15) is 0 Å². The van der Waals surface area contributed by atoms with E-state index in [9.17, 15) is 4.79 Å². The molecule has 0 aliphatic heterocycles. The van der Waals surface area contributed by atoms with Gasteiger partial charge in [-0.3, -0.25) is 0 Å². The quantitative estimate of drug-likeness (QED) is 0.907. The fourth-order valence-electron chi connectivity index (χ4n) is 1.28. The highest BCUT2D eigenvalue weighted by Gasteiger charge is 2.08. The number of rotatable bonds is 3. The number of aromatic nitrogens is 1. The molecular weight excluding hydrogens is 238 g/mol. The summed E-state index contributed by atoms with van der Waals surface area (Å²) >= 11 is 1.44. The summed E-state index contributed by atoms with van der Waals surface area (Å²) in [5.74, 6) is -0.486. The van der Waals surface area contributed by atoms with E-state index in [4.69, 9.17) is 9.84 Å².